The lowest BCUT2D eigenvalue weighted by atomic mass is 10.2. The molecule has 3 heteroatoms. The van der Waals surface area contributed by atoms with Crippen LogP contribution in [0.2, 0.25) is 0 Å². The molecule has 0 fully saturated rings. The standard InChI is InChI=1S/C8H15N3/c1-5-11-7(3)6(2)8(9)10-4/h11H,3-5,9H2,1-2H3/b8-6-. The third-order valence-electron chi connectivity index (χ3n) is 1.40. The summed E-state index contributed by atoms with van der Waals surface area (Å²) in [6.45, 7) is 11.8. The summed E-state index contributed by atoms with van der Waals surface area (Å²) < 4.78 is 0. The van der Waals surface area contributed by atoms with E-state index in [-0.39, 0.29) is 0 Å². The van der Waals surface area contributed by atoms with Gasteiger partial charge in [0.1, 0.15) is 5.82 Å². The molecule has 0 spiro atoms. The van der Waals surface area contributed by atoms with Crippen LogP contribution in [-0.4, -0.2) is 13.3 Å². The molecule has 0 heterocycles. The zero-order chi connectivity index (χ0) is 8.85. The number of nitrogens with zero attached hydrogens (tertiary/aromatic N) is 1. The molecule has 0 saturated heterocycles. The Kier molecular flexibility index (Phi) is 4.03. The van der Waals surface area contributed by atoms with E-state index in [1.165, 1.54) is 0 Å². The van der Waals surface area contributed by atoms with E-state index >= 15 is 0 Å². The lowest BCUT2D eigenvalue weighted by molar-refractivity contribution is 0.859. The van der Waals surface area contributed by atoms with Crippen molar-refractivity contribution in [3.8, 4) is 0 Å². The molecular formula is C8H15N3. The van der Waals surface area contributed by atoms with Gasteiger partial charge in [0.25, 0.3) is 0 Å². The smallest absolute Gasteiger partial charge is 0.127 e. The fourth-order valence-corrected chi connectivity index (χ4v) is 0.619. The van der Waals surface area contributed by atoms with Crippen LogP contribution in [0.15, 0.2) is 28.7 Å². The van der Waals surface area contributed by atoms with E-state index in [2.05, 4.69) is 23.6 Å². The molecule has 0 aliphatic carbocycles. The van der Waals surface area contributed by atoms with Gasteiger partial charge in [-0.3, -0.25) is 0 Å². The molecule has 0 aromatic rings. The number of aliphatic imine (C=N–C) groups is 1. The maximum absolute atomic E-state index is 5.50. The predicted molar refractivity (Wildman–Crippen MR) is 49.3 cm³/mol. The number of hydrogen-bond acceptors (Lipinski definition) is 3. The van der Waals surface area contributed by atoms with Gasteiger partial charge in [0.05, 0.1) is 0 Å². The quantitative estimate of drug-likeness (QED) is 0.467. The molecule has 0 aliphatic rings. The highest BCUT2D eigenvalue weighted by atomic mass is 14.9. The van der Waals surface area contributed by atoms with Crippen molar-refractivity contribution in [3.05, 3.63) is 23.7 Å². The minimum absolute atomic E-state index is 0.427. The molecule has 0 saturated carbocycles. The monoisotopic (exact) mass is 153 g/mol. The van der Waals surface area contributed by atoms with Crippen LogP contribution in [0.3, 0.4) is 0 Å². The first-order valence-electron chi connectivity index (χ1n) is 3.49. The Morgan fingerprint density at radius 1 is 1.64 bits per heavy atom. The van der Waals surface area contributed by atoms with Gasteiger partial charge in [0.2, 0.25) is 0 Å². The number of hydrogen-bond donors (Lipinski definition) is 2. The van der Waals surface area contributed by atoms with Gasteiger partial charge in [-0.1, -0.05) is 6.58 Å². The highest BCUT2D eigenvalue weighted by Gasteiger charge is 1.98. The Morgan fingerprint density at radius 3 is 2.55 bits per heavy atom. The number of allylic oxidation sites excluding steroid dienone is 1. The first-order valence-corrected chi connectivity index (χ1v) is 3.49. The predicted octanol–water partition coefficient (Wildman–Crippen LogP) is 1.00. The second-order valence-electron chi connectivity index (χ2n) is 2.18. The summed E-state index contributed by atoms with van der Waals surface area (Å²) in [6.07, 6.45) is 0. The first-order chi connectivity index (χ1) is 5.13. The Labute approximate surface area is 67.7 Å². The summed E-state index contributed by atoms with van der Waals surface area (Å²) in [5.41, 5.74) is 7.15. The van der Waals surface area contributed by atoms with Crippen LogP contribution in [-0.2, 0) is 0 Å². The van der Waals surface area contributed by atoms with Crippen molar-refractivity contribution >= 4 is 6.72 Å². The van der Waals surface area contributed by atoms with Gasteiger partial charge in [0, 0.05) is 17.8 Å². The third-order valence-corrected chi connectivity index (χ3v) is 1.40. The molecular weight excluding hydrogens is 138 g/mol. The van der Waals surface area contributed by atoms with Gasteiger partial charge >= 0.3 is 0 Å². The average molecular weight is 153 g/mol. The fourth-order valence-electron chi connectivity index (χ4n) is 0.619. The Morgan fingerprint density at radius 2 is 2.18 bits per heavy atom. The molecule has 3 nitrogen and oxygen atoms in total. The highest BCUT2D eigenvalue weighted by Crippen LogP contribution is 2.06. The SMILES string of the molecule is C=N/C(N)=C(/C)C(=C)NCC. The second-order valence-corrected chi connectivity index (χ2v) is 2.18. The van der Waals surface area contributed by atoms with Crippen LogP contribution in [0, 0.1) is 0 Å². The van der Waals surface area contributed by atoms with E-state index in [0.29, 0.717) is 5.82 Å². The average Bonchev–Trinajstić information content (AvgIpc) is 2.02. The van der Waals surface area contributed by atoms with E-state index in [9.17, 15) is 0 Å². The number of likely N-dealkylation sites (N-methyl/N-ethyl adjacent to an activating group) is 1. The van der Waals surface area contributed by atoms with Crippen molar-refractivity contribution in [2.75, 3.05) is 6.54 Å². The Bertz CT molecular complexity index is 192. The fraction of sp³-hybridized carbons (Fsp3) is 0.375. The minimum atomic E-state index is 0.427. The lowest BCUT2D eigenvalue weighted by Gasteiger charge is -2.07. The van der Waals surface area contributed by atoms with E-state index in [0.717, 1.165) is 17.8 Å². The van der Waals surface area contributed by atoms with Crippen LogP contribution >= 0.6 is 0 Å². The van der Waals surface area contributed by atoms with Crippen LogP contribution in [0.1, 0.15) is 13.8 Å². The summed E-state index contributed by atoms with van der Waals surface area (Å²) in [7, 11) is 0. The molecule has 0 radical (unpaired) electrons. The molecule has 0 amide bonds. The zero-order valence-electron chi connectivity index (χ0n) is 7.15. The van der Waals surface area contributed by atoms with Gasteiger partial charge in [-0.25, -0.2) is 4.99 Å². The van der Waals surface area contributed by atoms with Crippen LogP contribution in [0.25, 0.3) is 0 Å². The highest BCUT2D eigenvalue weighted by molar-refractivity contribution is 5.34. The van der Waals surface area contributed by atoms with E-state index in [1.54, 1.807) is 0 Å². The summed E-state index contributed by atoms with van der Waals surface area (Å²) in [6, 6.07) is 0. The molecule has 0 rings (SSSR count). The maximum Gasteiger partial charge on any atom is 0.127 e. The van der Waals surface area contributed by atoms with Gasteiger partial charge in [-0.2, -0.15) is 0 Å². The normalized spacial score (nSPS) is 11.8. The van der Waals surface area contributed by atoms with E-state index in [1.807, 2.05) is 13.8 Å². The van der Waals surface area contributed by atoms with E-state index < -0.39 is 0 Å². The van der Waals surface area contributed by atoms with Crippen molar-refractivity contribution < 1.29 is 0 Å². The largest absolute Gasteiger partial charge is 0.385 e. The molecule has 62 valence electrons. The van der Waals surface area contributed by atoms with Gasteiger partial charge in [-0.05, 0) is 20.6 Å². The molecule has 0 unspecified atom stereocenters. The maximum atomic E-state index is 5.50. The summed E-state index contributed by atoms with van der Waals surface area (Å²) in [5.74, 6) is 0.427. The minimum Gasteiger partial charge on any atom is -0.385 e. The van der Waals surface area contributed by atoms with Crippen LogP contribution in [0.4, 0.5) is 0 Å². The van der Waals surface area contributed by atoms with Gasteiger partial charge in [-0.15, -0.1) is 0 Å². The van der Waals surface area contributed by atoms with Crippen molar-refractivity contribution in [3.63, 3.8) is 0 Å². The number of rotatable bonds is 4. The number of nitrogens with two attached hydrogens (primary N) is 1. The van der Waals surface area contributed by atoms with Gasteiger partial charge in [0.15, 0.2) is 0 Å². The summed E-state index contributed by atoms with van der Waals surface area (Å²) >= 11 is 0. The topological polar surface area (TPSA) is 50.4 Å². The molecule has 3 N–H and O–H groups in total. The zero-order valence-corrected chi connectivity index (χ0v) is 7.15. The molecule has 0 aliphatic heterocycles. The van der Waals surface area contributed by atoms with Crippen LogP contribution < -0.4 is 11.1 Å². The Balaban J connectivity index is 4.33. The van der Waals surface area contributed by atoms with Crippen molar-refractivity contribution in [2.24, 2.45) is 10.7 Å². The molecule has 0 atom stereocenters. The molecule has 11 heavy (non-hydrogen) atoms. The summed E-state index contributed by atoms with van der Waals surface area (Å²) in [4.78, 5) is 3.60. The number of nitrogens with one attached hydrogen (secondary N) is 1. The lowest BCUT2D eigenvalue weighted by Crippen LogP contribution is -2.14. The van der Waals surface area contributed by atoms with Crippen molar-refractivity contribution in [2.45, 2.75) is 13.8 Å². The van der Waals surface area contributed by atoms with Crippen molar-refractivity contribution in [1.82, 2.24) is 5.32 Å². The molecule has 0 bridgehead atoms. The van der Waals surface area contributed by atoms with E-state index in [4.69, 9.17) is 5.73 Å². The molecule has 0 aromatic heterocycles. The molecule has 0 aromatic carbocycles. The third kappa shape index (κ3) is 2.89. The Hall–Kier alpha value is -1.25. The van der Waals surface area contributed by atoms with Gasteiger partial charge < -0.3 is 11.1 Å². The van der Waals surface area contributed by atoms with Crippen LogP contribution in [0.5, 0.6) is 0 Å². The van der Waals surface area contributed by atoms with Crippen molar-refractivity contribution in [1.29, 1.82) is 0 Å². The second kappa shape index (κ2) is 4.55. The summed E-state index contributed by atoms with van der Waals surface area (Å²) in [5, 5.41) is 3.04. The first kappa shape index (κ1) is 9.75.